The highest BCUT2D eigenvalue weighted by molar-refractivity contribution is 7.89. The third-order valence-corrected chi connectivity index (χ3v) is 5.27. The number of nitrogens with one attached hydrogen (secondary N) is 1. The molecule has 0 aliphatic heterocycles. The van der Waals surface area contributed by atoms with Gasteiger partial charge in [0.05, 0.1) is 13.5 Å². The summed E-state index contributed by atoms with van der Waals surface area (Å²) in [5.74, 6) is -1.21. The molecule has 134 valence electrons. The highest BCUT2D eigenvalue weighted by Crippen LogP contribution is 2.25. The molecule has 7 heteroatoms. The molecule has 1 atom stereocenters. The van der Waals surface area contributed by atoms with Crippen molar-refractivity contribution in [3.63, 3.8) is 0 Å². The fourth-order valence-corrected chi connectivity index (χ4v) is 3.86. The standard InChI is InChI=1S/C18H21NO5S/c1-13-8-9-16(24-2)17(10-13)25(22,23)19-12-15(11-18(20)21)14-6-4-3-5-7-14/h3-10,15,19H,11-12H2,1-2H3,(H,20,21)/t15-/m0/s1. The first-order valence-electron chi connectivity index (χ1n) is 7.74. The largest absolute Gasteiger partial charge is 0.495 e. The van der Waals surface area contributed by atoms with Crippen molar-refractivity contribution in [1.82, 2.24) is 4.72 Å². The lowest BCUT2D eigenvalue weighted by atomic mass is 9.96. The topological polar surface area (TPSA) is 92.7 Å². The molecule has 0 aliphatic carbocycles. The molecule has 0 unspecified atom stereocenters. The summed E-state index contributed by atoms with van der Waals surface area (Å²) in [5.41, 5.74) is 1.55. The number of ether oxygens (including phenoxy) is 1. The Morgan fingerprint density at radius 2 is 1.88 bits per heavy atom. The van der Waals surface area contributed by atoms with Gasteiger partial charge in [-0.3, -0.25) is 4.79 Å². The van der Waals surface area contributed by atoms with Gasteiger partial charge in [-0.25, -0.2) is 13.1 Å². The second kappa shape index (κ2) is 8.13. The minimum Gasteiger partial charge on any atom is -0.495 e. The van der Waals surface area contributed by atoms with Crippen LogP contribution in [0.1, 0.15) is 23.5 Å². The van der Waals surface area contributed by atoms with Gasteiger partial charge in [0.2, 0.25) is 10.0 Å². The van der Waals surface area contributed by atoms with Crippen LogP contribution in [0.2, 0.25) is 0 Å². The number of sulfonamides is 1. The number of aryl methyl sites for hydroxylation is 1. The molecule has 0 spiro atoms. The zero-order valence-electron chi connectivity index (χ0n) is 14.1. The van der Waals surface area contributed by atoms with E-state index < -0.39 is 21.9 Å². The van der Waals surface area contributed by atoms with Gasteiger partial charge in [0.1, 0.15) is 10.6 Å². The van der Waals surface area contributed by atoms with Gasteiger partial charge in [0.25, 0.3) is 0 Å². The third kappa shape index (κ3) is 5.04. The van der Waals surface area contributed by atoms with Gasteiger partial charge in [-0.05, 0) is 30.2 Å². The van der Waals surface area contributed by atoms with Crippen LogP contribution in [0.5, 0.6) is 5.75 Å². The number of carboxylic acids is 1. The molecule has 0 heterocycles. The summed E-state index contributed by atoms with van der Waals surface area (Å²) < 4.78 is 32.9. The van der Waals surface area contributed by atoms with Crippen LogP contribution in [0, 0.1) is 6.92 Å². The molecule has 0 radical (unpaired) electrons. The van der Waals surface area contributed by atoms with E-state index in [1.807, 2.05) is 6.07 Å². The molecule has 25 heavy (non-hydrogen) atoms. The van der Waals surface area contributed by atoms with Gasteiger partial charge < -0.3 is 9.84 Å². The minimum atomic E-state index is -3.83. The van der Waals surface area contributed by atoms with Crippen LogP contribution in [0.4, 0.5) is 0 Å². The lowest BCUT2D eigenvalue weighted by Crippen LogP contribution is -2.30. The Hall–Kier alpha value is -2.38. The molecule has 0 saturated heterocycles. The smallest absolute Gasteiger partial charge is 0.304 e. The number of carbonyl (C=O) groups is 1. The molecular formula is C18H21NO5S. The monoisotopic (exact) mass is 363 g/mol. The van der Waals surface area contributed by atoms with Crippen LogP contribution in [0.3, 0.4) is 0 Å². The molecule has 0 bridgehead atoms. The SMILES string of the molecule is COc1ccc(C)cc1S(=O)(=O)NC[C@H](CC(=O)O)c1ccccc1. The maximum absolute atomic E-state index is 12.6. The molecule has 2 aromatic carbocycles. The van der Waals surface area contributed by atoms with E-state index in [9.17, 15) is 13.2 Å². The summed E-state index contributed by atoms with van der Waals surface area (Å²) in [7, 11) is -2.43. The van der Waals surface area contributed by atoms with Crippen LogP contribution in [-0.2, 0) is 14.8 Å². The number of methoxy groups -OCH3 is 1. The Morgan fingerprint density at radius 3 is 2.48 bits per heavy atom. The molecule has 2 rings (SSSR count). The van der Waals surface area contributed by atoms with E-state index >= 15 is 0 Å². The van der Waals surface area contributed by atoms with E-state index in [2.05, 4.69) is 4.72 Å². The summed E-state index contributed by atoms with van der Waals surface area (Å²) in [4.78, 5) is 11.2. The Bertz CT molecular complexity index is 834. The number of carboxylic acid groups (broad SMARTS) is 1. The number of benzene rings is 2. The normalized spacial score (nSPS) is 12.6. The Balaban J connectivity index is 2.24. The third-order valence-electron chi connectivity index (χ3n) is 3.82. The van der Waals surface area contributed by atoms with Crippen LogP contribution in [-0.4, -0.2) is 33.1 Å². The maximum Gasteiger partial charge on any atom is 0.304 e. The molecule has 0 aliphatic rings. The second-order valence-corrected chi connectivity index (χ2v) is 7.45. The second-order valence-electron chi connectivity index (χ2n) is 5.71. The van der Waals surface area contributed by atoms with Gasteiger partial charge >= 0.3 is 5.97 Å². The van der Waals surface area contributed by atoms with Gasteiger partial charge in [0.15, 0.2) is 0 Å². The van der Waals surface area contributed by atoms with E-state index in [4.69, 9.17) is 9.84 Å². The zero-order chi connectivity index (χ0) is 18.4. The lowest BCUT2D eigenvalue weighted by molar-refractivity contribution is -0.137. The molecule has 2 aromatic rings. The molecule has 0 fully saturated rings. The first-order chi connectivity index (χ1) is 11.8. The van der Waals surface area contributed by atoms with Crippen molar-refractivity contribution >= 4 is 16.0 Å². The van der Waals surface area contributed by atoms with E-state index in [0.29, 0.717) is 0 Å². The molecule has 6 nitrogen and oxygen atoms in total. The highest BCUT2D eigenvalue weighted by atomic mass is 32.2. The van der Waals surface area contributed by atoms with Crippen LogP contribution < -0.4 is 9.46 Å². The summed E-state index contributed by atoms with van der Waals surface area (Å²) in [6.45, 7) is 1.77. The van der Waals surface area contributed by atoms with Crippen LogP contribution in [0.15, 0.2) is 53.4 Å². The average Bonchev–Trinajstić information content (AvgIpc) is 2.59. The first-order valence-corrected chi connectivity index (χ1v) is 9.23. The van der Waals surface area contributed by atoms with Crippen molar-refractivity contribution in [1.29, 1.82) is 0 Å². The van der Waals surface area contributed by atoms with E-state index in [1.54, 1.807) is 43.3 Å². The first kappa shape index (κ1) is 19.0. The molecule has 0 saturated carbocycles. The fourth-order valence-electron chi connectivity index (χ4n) is 2.53. The maximum atomic E-state index is 12.6. The Morgan fingerprint density at radius 1 is 1.20 bits per heavy atom. The quantitative estimate of drug-likeness (QED) is 0.752. The van der Waals surface area contributed by atoms with Crippen molar-refractivity contribution < 1.29 is 23.1 Å². The number of aliphatic carboxylic acids is 1. The molecule has 0 aromatic heterocycles. The van der Waals surface area contributed by atoms with Gasteiger partial charge in [-0.1, -0.05) is 36.4 Å². The Kier molecular flexibility index (Phi) is 6.17. The molecule has 0 amide bonds. The predicted octanol–water partition coefficient (Wildman–Crippen LogP) is 2.54. The lowest BCUT2D eigenvalue weighted by Gasteiger charge is -2.17. The summed E-state index contributed by atoms with van der Waals surface area (Å²) in [5, 5.41) is 9.11. The summed E-state index contributed by atoms with van der Waals surface area (Å²) in [6, 6.07) is 13.9. The Labute approximate surface area is 147 Å². The predicted molar refractivity (Wildman–Crippen MR) is 94.4 cm³/mol. The zero-order valence-corrected chi connectivity index (χ0v) is 14.9. The van der Waals surface area contributed by atoms with Crippen LogP contribution in [0.25, 0.3) is 0 Å². The average molecular weight is 363 g/mol. The number of hydrogen-bond donors (Lipinski definition) is 2. The van der Waals surface area contributed by atoms with Gasteiger partial charge in [-0.2, -0.15) is 0 Å². The number of rotatable bonds is 8. The highest BCUT2D eigenvalue weighted by Gasteiger charge is 2.23. The van der Waals surface area contributed by atoms with Crippen molar-refractivity contribution in [2.24, 2.45) is 0 Å². The van der Waals surface area contributed by atoms with E-state index in [1.165, 1.54) is 13.2 Å². The van der Waals surface area contributed by atoms with Crippen molar-refractivity contribution in [2.75, 3.05) is 13.7 Å². The van der Waals surface area contributed by atoms with E-state index in [0.717, 1.165) is 11.1 Å². The minimum absolute atomic E-state index is 0.0181. The summed E-state index contributed by atoms with van der Waals surface area (Å²) in [6.07, 6.45) is -0.169. The van der Waals surface area contributed by atoms with Gasteiger partial charge in [-0.15, -0.1) is 0 Å². The summed E-state index contributed by atoms with van der Waals surface area (Å²) >= 11 is 0. The van der Waals surface area contributed by atoms with Crippen molar-refractivity contribution in [3.8, 4) is 5.75 Å². The van der Waals surface area contributed by atoms with Crippen LogP contribution >= 0.6 is 0 Å². The van der Waals surface area contributed by atoms with Crippen molar-refractivity contribution in [3.05, 3.63) is 59.7 Å². The van der Waals surface area contributed by atoms with Gasteiger partial charge in [0, 0.05) is 12.5 Å². The fraction of sp³-hybridized carbons (Fsp3) is 0.278. The molecular weight excluding hydrogens is 342 g/mol. The molecule has 2 N–H and O–H groups in total. The van der Waals surface area contributed by atoms with E-state index in [-0.39, 0.29) is 23.6 Å². The van der Waals surface area contributed by atoms with Crippen molar-refractivity contribution in [2.45, 2.75) is 24.2 Å². The number of hydrogen-bond acceptors (Lipinski definition) is 4.